The van der Waals surface area contributed by atoms with Gasteiger partial charge in [0.05, 0.1) is 13.1 Å². The van der Waals surface area contributed by atoms with Crippen LogP contribution in [-0.2, 0) is 9.53 Å². The van der Waals surface area contributed by atoms with Crippen molar-refractivity contribution in [2.75, 3.05) is 32.7 Å². The van der Waals surface area contributed by atoms with Crippen molar-refractivity contribution in [1.29, 1.82) is 0 Å². The Morgan fingerprint density at radius 1 is 1.19 bits per heavy atom. The first-order valence-corrected chi connectivity index (χ1v) is 9.04. The third-order valence-electron chi connectivity index (χ3n) is 4.52. The van der Waals surface area contributed by atoms with Gasteiger partial charge in [-0.3, -0.25) is 14.6 Å². The molecule has 2 aliphatic heterocycles. The first-order valence-electron chi connectivity index (χ1n) is 9.04. The van der Waals surface area contributed by atoms with Gasteiger partial charge in [0, 0.05) is 19.5 Å². The second kappa shape index (κ2) is 8.20. The molecule has 10 heteroatoms. The van der Waals surface area contributed by atoms with Crippen LogP contribution in [0.15, 0.2) is 0 Å². The van der Waals surface area contributed by atoms with Crippen LogP contribution in [0.25, 0.3) is 0 Å². The molecule has 2 saturated heterocycles. The lowest BCUT2D eigenvalue weighted by molar-refractivity contribution is -0.143. The number of nitrogens with zero attached hydrogens (tertiary/aromatic N) is 2. The van der Waals surface area contributed by atoms with Gasteiger partial charge in [-0.15, -0.1) is 0 Å². The predicted octanol–water partition coefficient (Wildman–Crippen LogP) is 2.33. The number of carbonyl (C=O) groups excluding carboxylic acids is 2. The van der Waals surface area contributed by atoms with Gasteiger partial charge < -0.3 is 10.1 Å². The van der Waals surface area contributed by atoms with Crippen LogP contribution in [0.5, 0.6) is 0 Å². The van der Waals surface area contributed by atoms with Crippen molar-refractivity contribution in [3.63, 3.8) is 0 Å². The predicted molar refractivity (Wildman–Crippen MR) is 89.9 cm³/mol. The number of ether oxygens (including phenoxy) is 1. The molecule has 0 bridgehead atoms. The highest BCUT2D eigenvalue weighted by Crippen LogP contribution is 2.25. The molecule has 0 radical (unpaired) electrons. The van der Waals surface area contributed by atoms with Crippen molar-refractivity contribution >= 4 is 12.0 Å². The van der Waals surface area contributed by atoms with Crippen LogP contribution < -0.4 is 5.32 Å². The third kappa shape index (κ3) is 6.82. The molecule has 27 heavy (non-hydrogen) atoms. The molecule has 2 fully saturated rings. The normalized spacial score (nSPS) is 27.1. The first kappa shape index (κ1) is 21.7. The van der Waals surface area contributed by atoms with Crippen molar-refractivity contribution in [3.8, 4) is 0 Å². The summed E-state index contributed by atoms with van der Waals surface area (Å²) in [4.78, 5) is 27.0. The number of carbonyl (C=O) groups is 2. The van der Waals surface area contributed by atoms with E-state index in [0.29, 0.717) is 13.0 Å². The first-order chi connectivity index (χ1) is 12.3. The van der Waals surface area contributed by atoms with Crippen LogP contribution in [0, 0.1) is 5.92 Å². The van der Waals surface area contributed by atoms with E-state index >= 15 is 0 Å². The Bertz CT molecular complexity index is 551. The fourth-order valence-electron chi connectivity index (χ4n) is 3.39. The number of likely N-dealkylation sites (tertiary alicyclic amines) is 2. The monoisotopic (exact) mass is 397 g/mol. The molecule has 0 aromatic carbocycles. The van der Waals surface area contributed by atoms with E-state index in [0.717, 1.165) is 4.90 Å². The molecule has 2 rings (SSSR count). The highest BCUT2D eigenvalue weighted by Gasteiger charge is 2.42. The highest BCUT2D eigenvalue weighted by molar-refractivity contribution is 5.86. The fourth-order valence-corrected chi connectivity index (χ4v) is 3.39. The van der Waals surface area contributed by atoms with Crippen LogP contribution in [0.2, 0.25) is 0 Å². The maximum absolute atomic E-state index is 13.8. The molecule has 6 nitrogen and oxygen atoms in total. The zero-order valence-electron chi connectivity index (χ0n) is 15.8. The SMILES string of the molecule is CC(C)(C)OC(=O)N1C[C@H](F)C[C@H]1C(=O)NCC1CCN(CC(F)(F)F)C1. The molecule has 2 heterocycles. The van der Waals surface area contributed by atoms with E-state index in [1.165, 1.54) is 4.90 Å². The molecule has 1 N–H and O–H groups in total. The summed E-state index contributed by atoms with van der Waals surface area (Å²) in [6.07, 6.45) is -5.88. The third-order valence-corrected chi connectivity index (χ3v) is 4.52. The smallest absolute Gasteiger partial charge is 0.411 e. The minimum absolute atomic E-state index is 0.103. The summed E-state index contributed by atoms with van der Waals surface area (Å²) < 4.78 is 56.3. The Kier molecular flexibility index (Phi) is 6.59. The van der Waals surface area contributed by atoms with Gasteiger partial charge in [-0.2, -0.15) is 13.2 Å². The van der Waals surface area contributed by atoms with Crippen molar-refractivity contribution in [1.82, 2.24) is 15.1 Å². The van der Waals surface area contributed by atoms with Crippen LogP contribution in [0.4, 0.5) is 22.4 Å². The summed E-state index contributed by atoms with van der Waals surface area (Å²) in [6.45, 7) is 4.61. The summed E-state index contributed by atoms with van der Waals surface area (Å²) >= 11 is 0. The summed E-state index contributed by atoms with van der Waals surface area (Å²) in [7, 11) is 0. The lowest BCUT2D eigenvalue weighted by Gasteiger charge is -2.28. The van der Waals surface area contributed by atoms with E-state index in [4.69, 9.17) is 4.74 Å². The van der Waals surface area contributed by atoms with Crippen LogP contribution in [0.1, 0.15) is 33.6 Å². The summed E-state index contributed by atoms with van der Waals surface area (Å²) in [6, 6.07) is -0.970. The Morgan fingerprint density at radius 3 is 2.44 bits per heavy atom. The van der Waals surface area contributed by atoms with E-state index in [1.54, 1.807) is 20.8 Å². The van der Waals surface area contributed by atoms with Gasteiger partial charge in [-0.25, -0.2) is 9.18 Å². The molecular weight excluding hydrogens is 370 g/mol. The molecule has 2 amide bonds. The maximum atomic E-state index is 13.8. The van der Waals surface area contributed by atoms with Gasteiger partial charge in [0.15, 0.2) is 0 Å². The lowest BCUT2D eigenvalue weighted by atomic mass is 10.1. The van der Waals surface area contributed by atoms with E-state index in [2.05, 4.69) is 5.32 Å². The van der Waals surface area contributed by atoms with Crippen molar-refractivity contribution in [2.45, 2.75) is 57.6 Å². The zero-order chi connectivity index (χ0) is 20.4. The van der Waals surface area contributed by atoms with Gasteiger partial charge >= 0.3 is 12.3 Å². The van der Waals surface area contributed by atoms with Crippen LogP contribution in [-0.4, -0.2) is 78.5 Å². The lowest BCUT2D eigenvalue weighted by Crippen LogP contribution is -2.48. The Labute approximate surface area is 156 Å². The Hall–Kier alpha value is -1.58. The average molecular weight is 397 g/mol. The van der Waals surface area contributed by atoms with Gasteiger partial charge in [0.2, 0.25) is 5.91 Å². The van der Waals surface area contributed by atoms with Crippen molar-refractivity contribution < 1.29 is 31.9 Å². The second-order valence-electron chi connectivity index (χ2n) is 8.23. The van der Waals surface area contributed by atoms with Crippen molar-refractivity contribution in [2.24, 2.45) is 5.92 Å². The second-order valence-corrected chi connectivity index (χ2v) is 8.23. The van der Waals surface area contributed by atoms with E-state index in [-0.39, 0.29) is 32.0 Å². The molecule has 0 spiro atoms. The number of hydrogen-bond acceptors (Lipinski definition) is 4. The number of alkyl halides is 4. The molecule has 1 unspecified atom stereocenters. The van der Waals surface area contributed by atoms with Gasteiger partial charge in [0.1, 0.15) is 17.8 Å². The van der Waals surface area contributed by atoms with Gasteiger partial charge in [0.25, 0.3) is 0 Å². The minimum atomic E-state index is -4.24. The number of amides is 2. The molecule has 0 aliphatic carbocycles. The molecular formula is C17H27F4N3O3. The summed E-state index contributed by atoms with van der Waals surface area (Å²) in [5.41, 5.74) is -0.766. The zero-order valence-corrected chi connectivity index (χ0v) is 15.8. The quantitative estimate of drug-likeness (QED) is 0.740. The molecule has 0 aromatic heterocycles. The summed E-state index contributed by atoms with van der Waals surface area (Å²) in [5.74, 6) is -0.607. The fraction of sp³-hybridized carbons (Fsp3) is 0.882. The number of hydrogen-bond donors (Lipinski definition) is 1. The molecule has 156 valence electrons. The molecule has 0 aromatic rings. The standard InChI is InChI=1S/C17H27F4N3O3/c1-16(2,3)27-15(26)24-9-12(18)6-13(24)14(25)22-7-11-4-5-23(8-11)10-17(19,20)21/h11-13H,4-10H2,1-3H3,(H,22,25)/t11?,12-,13+/m1/s1. The van der Waals surface area contributed by atoms with Crippen LogP contribution in [0.3, 0.4) is 0 Å². The van der Waals surface area contributed by atoms with E-state index in [9.17, 15) is 27.2 Å². The molecule has 0 saturated carbocycles. The van der Waals surface area contributed by atoms with Gasteiger partial charge in [-0.1, -0.05) is 0 Å². The molecule has 3 atom stereocenters. The highest BCUT2D eigenvalue weighted by atomic mass is 19.4. The van der Waals surface area contributed by atoms with E-state index < -0.39 is 42.5 Å². The number of halogens is 4. The Balaban J connectivity index is 1.84. The van der Waals surface area contributed by atoms with E-state index in [1.807, 2.05) is 0 Å². The minimum Gasteiger partial charge on any atom is -0.444 e. The van der Waals surface area contributed by atoms with Crippen LogP contribution >= 0.6 is 0 Å². The number of nitrogens with one attached hydrogen (secondary N) is 1. The van der Waals surface area contributed by atoms with Gasteiger partial charge in [-0.05, 0) is 39.7 Å². The maximum Gasteiger partial charge on any atom is 0.411 e. The average Bonchev–Trinajstić information content (AvgIpc) is 3.08. The Morgan fingerprint density at radius 2 is 1.85 bits per heavy atom. The number of rotatable bonds is 4. The molecule has 2 aliphatic rings. The topological polar surface area (TPSA) is 61.9 Å². The van der Waals surface area contributed by atoms with Crippen molar-refractivity contribution in [3.05, 3.63) is 0 Å². The largest absolute Gasteiger partial charge is 0.444 e. The summed E-state index contributed by atoms with van der Waals surface area (Å²) in [5, 5.41) is 2.66.